The van der Waals surface area contributed by atoms with E-state index in [2.05, 4.69) is 15.4 Å². The number of carbonyl (C=O) groups is 1. The zero-order valence-electron chi connectivity index (χ0n) is 14.5. The molecule has 2 N–H and O–H groups in total. The Bertz CT molecular complexity index is 956. The quantitative estimate of drug-likeness (QED) is 0.745. The Morgan fingerprint density at radius 1 is 1.22 bits per heavy atom. The Morgan fingerprint density at radius 2 is 2.04 bits per heavy atom. The first-order valence-corrected chi connectivity index (χ1v) is 8.60. The number of fused-ring (bicyclic) bond motifs is 1. The van der Waals surface area contributed by atoms with Crippen molar-refractivity contribution in [1.82, 2.24) is 25.0 Å². The lowest BCUT2D eigenvalue weighted by Gasteiger charge is -2.26. The van der Waals surface area contributed by atoms with Crippen LogP contribution in [-0.4, -0.2) is 37.3 Å². The fourth-order valence-electron chi connectivity index (χ4n) is 3.08. The van der Waals surface area contributed by atoms with Gasteiger partial charge in [0.25, 0.3) is 0 Å². The van der Waals surface area contributed by atoms with E-state index in [1.165, 1.54) is 16.8 Å². The third-order valence-corrected chi connectivity index (χ3v) is 4.52. The highest BCUT2D eigenvalue weighted by Crippen LogP contribution is 2.28. The van der Waals surface area contributed by atoms with Gasteiger partial charge < -0.3 is 15.3 Å². The van der Waals surface area contributed by atoms with Gasteiger partial charge in [-0.1, -0.05) is 18.2 Å². The van der Waals surface area contributed by atoms with Crippen molar-refractivity contribution >= 4 is 6.03 Å². The van der Waals surface area contributed by atoms with E-state index < -0.39 is 0 Å². The molecular formula is C19H18FN5O2. The number of aromatic nitrogens is 3. The number of nitrogens with zero attached hydrogens (tertiary/aromatic N) is 4. The molecule has 27 heavy (non-hydrogen) atoms. The summed E-state index contributed by atoms with van der Waals surface area (Å²) in [5.41, 5.74) is 2.21. The number of rotatable bonds is 3. The molecule has 138 valence electrons. The molecule has 7 nitrogen and oxygen atoms in total. The van der Waals surface area contributed by atoms with Crippen LogP contribution in [0, 0.1) is 5.82 Å². The van der Waals surface area contributed by atoms with Gasteiger partial charge in [0.15, 0.2) is 5.82 Å². The lowest BCUT2D eigenvalue weighted by atomic mass is 10.1. The molecule has 3 heterocycles. The summed E-state index contributed by atoms with van der Waals surface area (Å²) in [5, 5.41) is 17.7. The normalized spacial score (nSPS) is 13.3. The van der Waals surface area contributed by atoms with Crippen molar-refractivity contribution < 1.29 is 14.3 Å². The monoisotopic (exact) mass is 367 g/mol. The second kappa shape index (κ2) is 7.06. The van der Waals surface area contributed by atoms with E-state index in [9.17, 15) is 14.3 Å². The van der Waals surface area contributed by atoms with Crippen LogP contribution in [0.2, 0.25) is 0 Å². The SMILES string of the molecule is O=C(NCc1ccc(F)cc1)N1CCc2c(nn(-c3ccccn3)c2O)C1. The standard InChI is InChI=1S/C19H18FN5O2/c20-14-6-4-13(5-7-14)11-22-19(27)24-10-8-15-16(12-24)23-25(18(15)26)17-3-1-2-9-21-17/h1-7,9,26H,8,10-12H2,(H,22,27). The highest BCUT2D eigenvalue weighted by Gasteiger charge is 2.27. The van der Waals surface area contributed by atoms with Crippen molar-refractivity contribution in [3.05, 3.63) is 71.3 Å². The second-order valence-electron chi connectivity index (χ2n) is 6.31. The van der Waals surface area contributed by atoms with Crippen molar-refractivity contribution in [2.45, 2.75) is 19.5 Å². The van der Waals surface area contributed by atoms with Gasteiger partial charge in [0.1, 0.15) is 5.82 Å². The van der Waals surface area contributed by atoms with Crippen molar-refractivity contribution in [2.75, 3.05) is 6.54 Å². The molecule has 0 atom stereocenters. The van der Waals surface area contributed by atoms with Gasteiger partial charge >= 0.3 is 6.03 Å². The van der Waals surface area contributed by atoms with E-state index in [1.807, 2.05) is 6.07 Å². The Hall–Kier alpha value is -3.42. The molecule has 0 saturated heterocycles. The fraction of sp³-hybridized carbons (Fsp3) is 0.211. The minimum absolute atomic E-state index is 0.0649. The van der Waals surface area contributed by atoms with Crippen LogP contribution >= 0.6 is 0 Å². The number of hydrogen-bond acceptors (Lipinski definition) is 4. The van der Waals surface area contributed by atoms with Crippen molar-refractivity contribution in [2.24, 2.45) is 0 Å². The molecule has 3 aromatic rings. The number of pyridine rings is 1. The summed E-state index contributed by atoms with van der Waals surface area (Å²) in [4.78, 5) is 18.3. The van der Waals surface area contributed by atoms with Crippen LogP contribution in [0.4, 0.5) is 9.18 Å². The summed E-state index contributed by atoms with van der Waals surface area (Å²) in [6.45, 7) is 1.10. The first-order chi connectivity index (χ1) is 13.1. The van der Waals surface area contributed by atoms with E-state index in [4.69, 9.17) is 0 Å². The average Bonchev–Trinajstić information content (AvgIpc) is 3.04. The van der Waals surface area contributed by atoms with Crippen LogP contribution in [0.1, 0.15) is 16.8 Å². The van der Waals surface area contributed by atoms with Crippen molar-refractivity contribution in [3.63, 3.8) is 0 Å². The molecule has 0 bridgehead atoms. The maximum atomic E-state index is 12.9. The summed E-state index contributed by atoms with van der Waals surface area (Å²) in [6.07, 6.45) is 2.14. The minimum Gasteiger partial charge on any atom is -0.493 e. The number of aromatic hydroxyl groups is 1. The predicted molar refractivity (Wildman–Crippen MR) is 95.8 cm³/mol. The maximum Gasteiger partial charge on any atom is 0.318 e. The van der Waals surface area contributed by atoms with E-state index >= 15 is 0 Å². The van der Waals surface area contributed by atoms with Gasteiger partial charge in [-0.3, -0.25) is 0 Å². The van der Waals surface area contributed by atoms with E-state index in [1.54, 1.807) is 35.4 Å². The first-order valence-electron chi connectivity index (χ1n) is 8.60. The Labute approximate surface area is 155 Å². The highest BCUT2D eigenvalue weighted by atomic mass is 19.1. The zero-order valence-corrected chi connectivity index (χ0v) is 14.5. The summed E-state index contributed by atoms with van der Waals surface area (Å²) in [6, 6.07) is 11.1. The first kappa shape index (κ1) is 17.0. The van der Waals surface area contributed by atoms with Gasteiger partial charge in [-0.25, -0.2) is 14.2 Å². The van der Waals surface area contributed by atoms with Gasteiger partial charge in [-0.05, 0) is 36.2 Å². The zero-order chi connectivity index (χ0) is 18.8. The number of amides is 2. The van der Waals surface area contributed by atoms with Gasteiger partial charge in [-0.15, -0.1) is 0 Å². The Balaban J connectivity index is 1.45. The average molecular weight is 367 g/mol. The van der Waals surface area contributed by atoms with Gasteiger partial charge in [0.2, 0.25) is 5.88 Å². The van der Waals surface area contributed by atoms with Crippen LogP contribution < -0.4 is 5.32 Å². The second-order valence-corrected chi connectivity index (χ2v) is 6.31. The van der Waals surface area contributed by atoms with Crippen molar-refractivity contribution in [3.8, 4) is 11.7 Å². The number of urea groups is 1. The van der Waals surface area contributed by atoms with Crippen LogP contribution in [0.3, 0.4) is 0 Å². The summed E-state index contributed by atoms with van der Waals surface area (Å²) >= 11 is 0. The highest BCUT2D eigenvalue weighted by molar-refractivity contribution is 5.74. The van der Waals surface area contributed by atoms with Gasteiger partial charge in [-0.2, -0.15) is 9.78 Å². The fourth-order valence-corrected chi connectivity index (χ4v) is 3.08. The molecule has 4 rings (SSSR count). The molecule has 0 saturated carbocycles. The number of hydrogen-bond donors (Lipinski definition) is 2. The molecule has 1 aliphatic heterocycles. The van der Waals surface area contributed by atoms with E-state index in [0.717, 1.165) is 11.1 Å². The summed E-state index contributed by atoms with van der Waals surface area (Å²) in [5.74, 6) is 0.281. The number of benzene rings is 1. The lowest BCUT2D eigenvalue weighted by molar-refractivity contribution is 0.191. The van der Waals surface area contributed by atoms with E-state index in [0.29, 0.717) is 37.6 Å². The molecule has 1 aromatic carbocycles. The smallest absolute Gasteiger partial charge is 0.318 e. The van der Waals surface area contributed by atoms with Crippen LogP contribution in [0.25, 0.3) is 5.82 Å². The van der Waals surface area contributed by atoms with Crippen LogP contribution in [0.5, 0.6) is 5.88 Å². The molecular weight excluding hydrogens is 349 g/mol. The Kier molecular flexibility index (Phi) is 4.45. The molecule has 0 unspecified atom stereocenters. The molecule has 0 aliphatic carbocycles. The molecule has 2 aromatic heterocycles. The maximum absolute atomic E-state index is 12.9. The molecule has 0 spiro atoms. The third-order valence-electron chi connectivity index (χ3n) is 4.52. The van der Waals surface area contributed by atoms with Gasteiger partial charge in [0.05, 0.1) is 12.2 Å². The molecule has 2 amide bonds. The number of nitrogens with one attached hydrogen (secondary N) is 1. The molecule has 0 radical (unpaired) electrons. The lowest BCUT2D eigenvalue weighted by Crippen LogP contribution is -2.42. The number of halogens is 1. The topological polar surface area (TPSA) is 83.3 Å². The predicted octanol–water partition coefficient (Wildman–Crippen LogP) is 2.38. The largest absolute Gasteiger partial charge is 0.493 e. The molecule has 1 aliphatic rings. The van der Waals surface area contributed by atoms with Crippen LogP contribution in [0.15, 0.2) is 48.7 Å². The summed E-state index contributed by atoms with van der Waals surface area (Å²) in [7, 11) is 0. The minimum atomic E-state index is -0.308. The Morgan fingerprint density at radius 3 is 2.78 bits per heavy atom. The van der Waals surface area contributed by atoms with Crippen LogP contribution in [-0.2, 0) is 19.5 Å². The van der Waals surface area contributed by atoms with Gasteiger partial charge in [0, 0.05) is 24.8 Å². The third kappa shape index (κ3) is 3.46. The number of carbonyl (C=O) groups excluding carboxylic acids is 1. The molecule has 0 fully saturated rings. The molecule has 8 heteroatoms. The van der Waals surface area contributed by atoms with Crippen molar-refractivity contribution in [1.29, 1.82) is 0 Å². The summed E-state index contributed by atoms with van der Waals surface area (Å²) < 4.78 is 14.3. The van der Waals surface area contributed by atoms with E-state index in [-0.39, 0.29) is 17.7 Å².